The Morgan fingerprint density at radius 2 is 1.23 bits per heavy atom. The molecule has 0 atom stereocenters. The Morgan fingerprint density at radius 1 is 0.806 bits per heavy atom. The van der Waals surface area contributed by atoms with Crippen molar-refractivity contribution in [2.24, 2.45) is 11.8 Å². The molecule has 0 fully saturated rings. The third-order valence-corrected chi connectivity index (χ3v) is 6.50. The average Bonchev–Trinajstić information content (AvgIpc) is 3.36. The second kappa shape index (κ2) is 8.29. The van der Waals surface area contributed by atoms with Crippen LogP contribution in [0.1, 0.15) is 51.1 Å². The van der Waals surface area contributed by atoms with Gasteiger partial charge in [0.05, 0.1) is 24.5 Å². The summed E-state index contributed by atoms with van der Waals surface area (Å²) in [4.78, 5) is 8.70. The molecule has 0 saturated heterocycles. The SMILES string of the molecule is CC(C)Cc1nc(CN2c3ccccc3N(Cc3noc(CC(C)C)n3)S2(=O)=O)no1. The topological polar surface area (TPSA) is 118 Å². The van der Waals surface area contributed by atoms with Crippen molar-refractivity contribution in [3.05, 3.63) is 47.7 Å². The number of anilines is 2. The van der Waals surface area contributed by atoms with Gasteiger partial charge in [-0.1, -0.05) is 50.1 Å². The van der Waals surface area contributed by atoms with Crippen LogP contribution in [0.15, 0.2) is 33.3 Å². The second-order valence-corrected chi connectivity index (χ2v) is 10.2. The zero-order chi connectivity index (χ0) is 22.2. The van der Waals surface area contributed by atoms with Gasteiger partial charge in [-0.15, -0.1) is 0 Å². The molecule has 1 aliphatic heterocycles. The van der Waals surface area contributed by atoms with Gasteiger partial charge >= 0.3 is 10.2 Å². The molecule has 0 saturated carbocycles. The Bertz CT molecular complexity index is 1070. The summed E-state index contributed by atoms with van der Waals surface area (Å²) in [6.45, 7) is 8.15. The average molecular weight is 447 g/mol. The fourth-order valence-corrected chi connectivity index (χ4v) is 5.02. The maximum absolute atomic E-state index is 13.4. The van der Waals surface area contributed by atoms with Gasteiger partial charge in [0.2, 0.25) is 11.8 Å². The van der Waals surface area contributed by atoms with Gasteiger partial charge in [0.1, 0.15) is 0 Å². The molecule has 0 unspecified atom stereocenters. The predicted molar refractivity (Wildman–Crippen MR) is 113 cm³/mol. The molecule has 0 spiro atoms. The van der Waals surface area contributed by atoms with E-state index in [2.05, 4.69) is 20.3 Å². The van der Waals surface area contributed by atoms with Crippen LogP contribution in [0.5, 0.6) is 0 Å². The molecule has 4 rings (SSSR count). The lowest BCUT2D eigenvalue weighted by atomic mass is 10.1. The summed E-state index contributed by atoms with van der Waals surface area (Å²) in [7, 11) is -3.89. The first-order valence-electron chi connectivity index (χ1n) is 10.3. The summed E-state index contributed by atoms with van der Waals surface area (Å²) in [5.74, 6) is 2.34. The molecule has 31 heavy (non-hydrogen) atoms. The maximum Gasteiger partial charge on any atom is 0.327 e. The molecule has 10 nitrogen and oxygen atoms in total. The minimum atomic E-state index is -3.89. The van der Waals surface area contributed by atoms with E-state index in [1.165, 1.54) is 8.61 Å². The standard InChI is InChI=1S/C20H26N6O4S/c1-13(2)9-19-21-17(23-29-19)11-25-15-7-5-6-8-16(15)26(31(25,27)28)12-18-22-20(30-24-18)10-14(3)4/h5-8,13-14H,9-12H2,1-4H3. The van der Waals surface area contributed by atoms with Crippen LogP contribution in [0.3, 0.4) is 0 Å². The normalized spacial score (nSPS) is 15.3. The Labute approximate surface area is 181 Å². The van der Waals surface area contributed by atoms with Crippen LogP contribution in [0.4, 0.5) is 11.4 Å². The molecule has 0 bridgehead atoms. The van der Waals surface area contributed by atoms with E-state index >= 15 is 0 Å². The first-order valence-corrected chi connectivity index (χ1v) is 11.7. The number of fused-ring (bicyclic) bond motifs is 1. The van der Waals surface area contributed by atoms with Crippen molar-refractivity contribution in [3.63, 3.8) is 0 Å². The van der Waals surface area contributed by atoms with Crippen molar-refractivity contribution in [2.45, 2.75) is 53.6 Å². The van der Waals surface area contributed by atoms with Gasteiger partial charge in [0, 0.05) is 12.8 Å². The molecule has 166 valence electrons. The third-order valence-electron chi connectivity index (χ3n) is 4.73. The predicted octanol–water partition coefficient (Wildman–Crippen LogP) is 3.12. The highest BCUT2D eigenvalue weighted by molar-refractivity contribution is 7.94. The van der Waals surface area contributed by atoms with Crippen LogP contribution in [0, 0.1) is 11.8 Å². The van der Waals surface area contributed by atoms with E-state index < -0.39 is 10.2 Å². The molecule has 0 aliphatic carbocycles. The van der Waals surface area contributed by atoms with Crippen LogP contribution in [0.25, 0.3) is 0 Å². The number of hydrogen-bond acceptors (Lipinski definition) is 8. The largest absolute Gasteiger partial charge is 0.339 e. The Morgan fingerprint density at radius 3 is 1.61 bits per heavy atom. The summed E-state index contributed by atoms with van der Waals surface area (Å²) in [5.41, 5.74) is 1.09. The van der Waals surface area contributed by atoms with Crippen LogP contribution in [0.2, 0.25) is 0 Å². The van der Waals surface area contributed by atoms with Gasteiger partial charge in [-0.25, -0.2) is 8.61 Å². The van der Waals surface area contributed by atoms with E-state index in [1.807, 2.05) is 27.7 Å². The highest BCUT2D eigenvalue weighted by Crippen LogP contribution is 2.42. The van der Waals surface area contributed by atoms with Crippen LogP contribution < -0.4 is 8.61 Å². The van der Waals surface area contributed by atoms with Gasteiger partial charge < -0.3 is 9.05 Å². The van der Waals surface area contributed by atoms with Crippen LogP contribution in [-0.4, -0.2) is 28.7 Å². The molecular weight excluding hydrogens is 420 g/mol. The number of nitrogens with zero attached hydrogens (tertiary/aromatic N) is 6. The van der Waals surface area contributed by atoms with Gasteiger partial charge in [0.25, 0.3) is 0 Å². The maximum atomic E-state index is 13.4. The first-order chi connectivity index (χ1) is 14.7. The zero-order valence-corrected chi connectivity index (χ0v) is 18.8. The summed E-state index contributed by atoms with van der Waals surface area (Å²) in [5, 5.41) is 7.92. The molecule has 3 aromatic rings. The van der Waals surface area contributed by atoms with Gasteiger partial charge in [-0.3, -0.25) is 0 Å². The van der Waals surface area contributed by atoms with E-state index in [0.717, 1.165) is 0 Å². The highest BCUT2D eigenvalue weighted by atomic mass is 32.2. The lowest BCUT2D eigenvalue weighted by Crippen LogP contribution is -2.37. The Kier molecular flexibility index (Phi) is 5.69. The lowest BCUT2D eigenvalue weighted by Gasteiger charge is -2.19. The summed E-state index contributed by atoms with van der Waals surface area (Å²) >= 11 is 0. The van der Waals surface area contributed by atoms with Crippen LogP contribution in [-0.2, 0) is 36.1 Å². The number of para-hydroxylation sites is 2. The minimum Gasteiger partial charge on any atom is -0.339 e. The van der Waals surface area contributed by atoms with E-state index in [9.17, 15) is 8.42 Å². The highest BCUT2D eigenvalue weighted by Gasteiger charge is 2.41. The van der Waals surface area contributed by atoms with Crippen LogP contribution >= 0.6 is 0 Å². The number of benzene rings is 1. The summed E-state index contributed by atoms with van der Waals surface area (Å²) in [6, 6.07) is 7.09. The summed E-state index contributed by atoms with van der Waals surface area (Å²) < 4.78 is 39.9. The molecular formula is C20H26N6O4S. The zero-order valence-electron chi connectivity index (χ0n) is 18.0. The van der Waals surface area contributed by atoms with Crippen molar-refractivity contribution in [1.82, 2.24) is 20.3 Å². The third kappa shape index (κ3) is 4.41. The van der Waals surface area contributed by atoms with E-state index in [-0.39, 0.29) is 13.1 Å². The molecule has 1 aliphatic rings. The fraction of sp³-hybridized carbons (Fsp3) is 0.500. The van der Waals surface area contributed by atoms with E-state index in [4.69, 9.17) is 9.05 Å². The smallest absolute Gasteiger partial charge is 0.327 e. The molecule has 1 aromatic carbocycles. The van der Waals surface area contributed by atoms with Crippen molar-refractivity contribution in [1.29, 1.82) is 0 Å². The molecule has 0 N–H and O–H groups in total. The minimum absolute atomic E-state index is 0.0255. The van der Waals surface area contributed by atoms with E-state index in [1.54, 1.807) is 24.3 Å². The second-order valence-electron chi connectivity index (χ2n) is 8.41. The fourth-order valence-electron chi connectivity index (χ4n) is 3.42. The van der Waals surface area contributed by atoms with Crippen molar-refractivity contribution < 1.29 is 17.5 Å². The van der Waals surface area contributed by atoms with E-state index in [0.29, 0.717) is 59.5 Å². The van der Waals surface area contributed by atoms with Crippen molar-refractivity contribution in [2.75, 3.05) is 8.61 Å². The Balaban J connectivity index is 1.60. The first kappa shape index (κ1) is 21.3. The molecule has 0 radical (unpaired) electrons. The quantitative estimate of drug-likeness (QED) is 0.518. The number of aromatic nitrogens is 4. The Hall–Kier alpha value is -2.95. The molecule has 0 amide bonds. The van der Waals surface area contributed by atoms with Crippen molar-refractivity contribution >= 4 is 21.6 Å². The molecule has 11 heteroatoms. The monoisotopic (exact) mass is 446 g/mol. The van der Waals surface area contributed by atoms with Gasteiger partial charge in [-0.05, 0) is 24.0 Å². The lowest BCUT2D eigenvalue weighted by molar-refractivity contribution is 0.359. The number of rotatable bonds is 8. The summed E-state index contributed by atoms with van der Waals surface area (Å²) in [6.07, 6.45) is 1.28. The number of hydrogen-bond donors (Lipinski definition) is 0. The van der Waals surface area contributed by atoms with Gasteiger partial charge in [0.15, 0.2) is 11.6 Å². The van der Waals surface area contributed by atoms with Crippen molar-refractivity contribution in [3.8, 4) is 0 Å². The molecule has 2 aromatic heterocycles. The molecule has 3 heterocycles. The van der Waals surface area contributed by atoms with Gasteiger partial charge in [-0.2, -0.15) is 18.4 Å².